The van der Waals surface area contributed by atoms with Crippen molar-refractivity contribution in [3.63, 3.8) is 0 Å². The van der Waals surface area contributed by atoms with Crippen molar-refractivity contribution in [2.75, 3.05) is 11.4 Å². The Bertz CT molecular complexity index is 1220. The van der Waals surface area contributed by atoms with E-state index >= 15 is 0 Å². The molecule has 3 aromatic rings. The number of anilines is 1. The quantitative estimate of drug-likeness (QED) is 0.583. The molecule has 0 saturated carbocycles. The maximum Gasteiger partial charge on any atom is 0.266 e. The van der Waals surface area contributed by atoms with Crippen molar-refractivity contribution >= 4 is 38.9 Å². The number of benzene rings is 2. The molecule has 0 unspecified atom stereocenters. The third-order valence-corrected chi connectivity index (χ3v) is 7.20. The van der Waals surface area contributed by atoms with Gasteiger partial charge in [-0.2, -0.15) is 5.10 Å². The predicted molar refractivity (Wildman–Crippen MR) is 118 cm³/mol. The monoisotopic (exact) mass is 440 g/mol. The Morgan fingerprint density at radius 1 is 0.967 bits per heavy atom. The van der Waals surface area contributed by atoms with Crippen molar-refractivity contribution < 1.29 is 13.2 Å². The largest absolute Gasteiger partial charge is 0.274 e. The maximum absolute atomic E-state index is 13.3. The molecular weight excluding hydrogens is 420 g/mol. The van der Waals surface area contributed by atoms with Crippen LogP contribution in [0.4, 0.5) is 5.69 Å². The van der Waals surface area contributed by atoms with E-state index in [0.29, 0.717) is 5.69 Å². The van der Waals surface area contributed by atoms with Gasteiger partial charge >= 0.3 is 0 Å². The highest BCUT2D eigenvalue weighted by Crippen LogP contribution is 2.26. The molecule has 30 heavy (non-hydrogen) atoms. The molecule has 0 atom stereocenters. The minimum Gasteiger partial charge on any atom is -0.274 e. The topological polar surface area (TPSA) is 75.5 Å². The molecule has 0 spiro atoms. The number of nitrogens with zero attached hydrogens (tertiary/aromatic N) is 4. The average Bonchev–Trinajstić information content (AvgIpc) is 3.07. The molecule has 1 aromatic heterocycles. The molecular formula is C21H20N4O3S2. The number of amides is 1. The Labute approximate surface area is 180 Å². The fourth-order valence-corrected chi connectivity index (χ4v) is 5.40. The first-order valence-corrected chi connectivity index (χ1v) is 11.2. The molecule has 154 valence electrons. The molecule has 1 fully saturated rings. The van der Waals surface area contributed by atoms with Crippen LogP contribution >= 0.6 is 12.2 Å². The molecule has 2 aromatic carbocycles. The molecule has 9 heteroatoms. The molecule has 1 amide bonds. The highest BCUT2D eigenvalue weighted by Gasteiger charge is 2.37. The van der Waals surface area contributed by atoms with E-state index in [2.05, 4.69) is 5.10 Å². The van der Waals surface area contributed by atoms with Gasteiger partial charge in [-0.15, -0.1) is 0 Å². The summed E-state index contributed by atoms with van der Waals surface area (Å²) in [5.74, 6) is -0.225. The third kappa shape index (κ3) is 3.50. The van der Waals surface area contributed by atoms with Crippen molar-refractivity contribution in [3.05, 3.63) is 72.1 Å². The first-order valence-electron chi connectivity index (χ1n) is 9.37. The average molecular weight is 441 g/mol. The predicted octanol–water partition coefficient (Wildman–Crippen LogP) is 3.20. The fourth-order valence-electron chi connectivity index (χ4n) is 3.45. The van der Waals surface area contributed by atoms with Gasteiger partial charge in [0.05, 0.1) is 22.0 Å². The lowest BCUT2D eigenvalue weighted by molar-refractivity contribution is -0.118. The molecule has 0 radical (unpaired) electrons. The number of hydrogen-bond acceptors (Lipinski definition) is 5. The smallest absolute Gasteiger partial charge is 0.266 e. The number of thiocarbonyl (C=S) groups is 1. The number of aryl methyl sites for hydroxylation is 2. The van der Waals surface area contributed by atoms with Crippen molar-refractivity contribution in [3.8, 4) is 5.69 Å². The third-order valence-electron chi connectivity index (χ3n) is 4.88. The van der Waals surface area contributed by atoms with Crippen LogP contribution in [0.2, 0.25) is 0 Å². The Hall–Kier alpha value is -3.04. The molecule has 0 N–H and O–H groups in total. The zero-order chi connectivity index (χ0) is 21.5. The summed E-state index contributed by atoms with van der Waals surface area (Å²) in [7, 11) is -3.91. The van der Waals surface area contributed by atoms with Crippen LogP contribution < -0.4 is 4.90 Å². The van der Waals surface area contributed by atoms with Crippen molar-refractivity contribution in [1.29, 1.82) is 0 Å². The lowest BCUT2D eigenvalue weighted by Gasteiger charge is -2.36. The number of hydrogen-bond donors (Lipinski definition) is 0. The SMILES string of the molecule is Cc1cc(C)n(-c2ccc(S(=O)(=O)N3CCC(=O)N(c4ccccc4)C3=S)cc2)n1. The van der Waals surface area contributed by atoms with Crippen LogP contribution in [-0.4, -0.2) is 40.1 Å². The minimum absolute atomic E-state index is 0.0164. The van der Waals surface area contributed by atoms with E-state index in [9.17, 15) is 13.2 Å². The van der Waals surface area contributed by atoms with E-state index in [-0.39, 0.29) is 28.9 Å². The number of carbonyl (C=O) groups is 1. The molecule has 2 heterocycles. The van der Waals surface area contributed by atoms with Gasteiger partial charge in [-0.3, -0.25) is 9.69 Å². The van der Waals surface area contributed by atoms with Gasteiger partial charge in [0.25, 0.3) is 10.0 Å². The van der Waals surface area contributed by atoms with Crippen molar-refractivity contribution in [2.24, 2.45) is 0 Å². The first-order chi connectivity index (χ1) is 14.3. The second kappa shape index (κ2) is 7.66. The van der Waals surface area contributed by atoms with Crippen LogP contribution in [0.25, 0.3) is 5.69 Å². The number of para-hydroxylation sites is 1. The summed E-state index contributed by atoms with van der Waals surface area (Å²) in [4.78, 5) is 13.8. The summed E-state index contributed by atoms with van der Waals surface area (Å²) >= 11 is 5.42. The van der Waals surface area contributed by atoms with Gasteiger partial charge in [0.1, 0.15) is 0 Å². The number of aromatic nitrogens is 2. The van der Waals surface area contributed by atoms with Crippen LogP contribution in [0.1, 0.15) is 17.8 Å². The molecule has 1 aliphatic rings. The summed E-state index contributed by atoms with van der Waals surface area (Å²) in [6, 6.07) is 17.3. The molecule has 1 saturated heterocycles. The molecule has 1 aliphatic heterocycles. The van der Waals surface area contributed by atoms with Crippen LogP contribution in [-0.2, 0) is 14.8 Å². The molecule has 0 bridgehead atoms. The van der Waals surface area contributed by atoms with E-state index in [4.69, 9.17) is 12.2 Å². The van der Waals surface area contributed by atoms with Crippen LogP contribution in [0.5, 0.6) is 0 Å². The van der Waals surface area contributed by atoms with E-state index < -0.39 is 10.0 Å². The minimum atomic E-state index is -3.91. The van der Waals surface area contributed by atoms with Gasteiger partial charge in [0.2, 0.25) is 5.91 Å². The number of carbonyl (C=O) groups excluding carboxylic acids is 1. The van der Waals surface area contributed by atoms with E-state index in [0.717, 1.165) is 21.4 Å². The second-order valence-corrected chi connectivity index (χ2v) is 9.23. The van der Waals surface area contributed by atoms with Gasteiger partial charge in [-0.1, -0.05) is 18.2 Å². The Balaban J connectivity index is 1.65. The van der Waals surface area contributed by atoms with Gasteiger partial charge < -0.3 is 0 Å². The first kappa shape index (κ1) is 20.2. The fraction of sp³-hybridized carbons (Fsp3) is 0.190. The van der Waals surface area contributed by atoms with Crippen LogP contribution in [0, 0.1) is 13.8 Å². The summed E-state index contributed by atoms with van der Waals surface area (Å²) in [5.41, 5.74) is 3.15. The lowest BCUT2D eigenvalue weighted by Crippen LogP contribution is -2.54. The van der Waals surface area contributed by atoms with Gasteiger partial charge in [-0.05, 0) is 68.5 Å². The second-order valence-electron chi connectivity index (χ2n) is 7.01. The van der Waals surface area contributed by atoms with Crippen molar-refractivity contribution in [1.82, 2.24) is 14.1 Å². The normalized spacial score (nSPS) is 15.0. The summed E-state index contributed by atoms with van der Waals surface area (Å²) in [5, 5.41) is 4.38. The Kier molecular flexibility index (Phi) is 5.17. The number of sulfonamides is 1. The zero-order valence-corrected chi connectivity index (χ0v) is 18.2. The summed E-state index contributed by atoms with van der Waals surface area (Å²) in [6.07, 6.45) is 0.0537. The van der Waals surface area contributed by atoms with E-state index in [1.165, 1.54) is 17.0 Å². The van der Waals surface area contributed by atoms with Crippen LogP contribution in [0.15, 0.2) is 65.6 Å². The molecule has 0 aliphatic carbocycles. The van der Waals surface area contributed by atoms with E-state index in [1.54, 1.807) is 41.1 Å². The van der Waals surface area contributed by atoms with Gasteiger partial charge in [-0.25, -0.2) is 17.4 Å². The highest BCUT2D eigenvalue weighted by molar-refractivity contribution is 7.91. The summed E-state index contributed by atoms with van der Waals surface area (Å²) < 4.78 is 29.4. The van der Waals surface area contributed by atoms with Crippen molar-refractivity contribution in [2.45, 2.75) is 25.2 Å². The zero-order valence-electron chi connectivity index (χ0n) is 16.5. The number of rotatable bonds is 4. The van der Waals surface area contributed by atoms with Gasteiger partial charge in [0, 0.05) is 18.7 Å². The standard InChI is InChI=1S/C21H20N4O3S2/c1-15-14-16(2)25(22-15)18-8-10-19(11-9-18)30(27,28)23-13-12-20(26)24(21(23)29)17-6-4-3-5-7-17/h3-11,14H,12-13H2,1-2H3. The molecule has 4 rings (SSSR count). The van der Waals surface area contributed by atoms with Gasteiger partial charge in [0.15, 0.2) is 5.11 Å². The molecule has 7 nitrogen and oxygen atoms in total. The Morgan fingerprint density at radius 2 is 1.63 bits per heavy atom. The highest BCUT2D eigenvalue weighted by atomic mass is 32.2. The Morgan fingerprint density at radius 3 is 2.23 bits per heavy atom. The lowest BCUT2D eigenvalue weighted by atomic mass is 10.2. The maximum atomic E-state index is 13.3. The van der Waals surface area contributed by atoms with E-state index in [1.807, 2.05) is 26.0 Å². The van der Waals surface area contributed by atoms with Crippen LogP contribution in [0.3, 0.4) is 0 Å². The summed E-state index contributed by atoms with van der Waals surface area (Å²) in [6.45, 7) is 3.86.